The summed E-state index contributed by atoms with van der Waals surface area (Å²) >= 11 is 0. The van der Waals surface area contributed by atoms with Gasteiger partial charge in [0, 0.05) is 24.6 Å². The van der Waals surface area contributed by atoms with Gasteiger partial charge >= 0.3 is 0 Å². The van der Waals surface area contributed by atoms with Gasteiger partial charge in [-0.15, -0.1) is 0 Å². The molecule has 1 aromatic carbocycles. The standard InChI is InChI=1S/C18H18N4O2/c1-13-3-8-16(18(24)21-13)17(23)19-11-9-14-4-6-15(7-5-14)22-12-2-10-20-22/h2-8,10,12H,9,11H2,1H3,(H,19,23)(H,21,24). The van der Waals surface area contributed by atoms with Crippen molar-refractivity contribution in [3.05, 3.63) is 82.0 Å². The second-order valence-corrected chi connectivity index (χ2v) is 5.51. The van der Waals surface area contributed by atoms with Crippen LogP contribution in [0.2, 0.25) is 0 Å². The van der Waals surface area contributed by atoms with Gasteiger partial charge in [-0.05, 0) is 49.2 Å². The molecular formula is C18H18N4O2. The zero-order valence-electron chi connectivity index (χ0n) is 13.3. The van der Waals surface area contributed by atoms with Crippen LogP contribution in [0, 0.1) is 6.92 Å². The molecule has 0 aliphatic rings. The van der Waals surface area contributed by atoms with E-state index < -0.39 is 0 Å². The van der Waals surface area contributed by atoms with Crippen LogP contribution in [0.3, 0.4) is 0 Å². The summed E-state index contributed by atoms with van der Waals surface area (Å²) in [5, 5.41) is 6.95. The second-order valence-electron chi connectivity index (χ2n) is 5.51. The Morgan fingerprint density at radius 3 is 2.67 bits per heavy atom. The number of hydrogen-bond donors (Lipinski definition) is 2. The summed E-state index contributed by atoms with van der Waals surface area (Å²) in [5.41, 5.74) is 2.59. The number of amides is 1. The summed E-state index contributed by atoms with van der Waals surface area (Å²) in [7, 11) is 0. The Balaban J connectivity index is 1.56. The minimum absolute atomic E-state index is 0.134. The number of rotatable bonds is 5. The fourth-order valence-corrected chi connectivity index (χ4v) is 2.40. The molecule has 2 N–H and O–H groups in total. The number of aryl methyl sites for hydroxylation is 1. The monoisotopic (exact) mass is 322 g/mol. The van der Waals surface area contributed by atoms with Crippen LogP contribution in [0.5, 0.6) is 0 Å². The van der Waals surface area contributed by atoms with Crippen LogP contribution >= 0.6 is 0 Å². The Hall–Kier alpha value is -3.15. The van der Waals surface area contributed by atoms with E-state index in [4.69, 9.17) is 0 Å². The molecule has 0 unspecified atom stereocenters. The first-order valence-corrected chi connectivity index (χ1v) is 7.70. The highest BCUT2D eigenvalue weighted by molar-refractivity contribution is 5.93. The van der Waals surface area contributed by atoms with Crippen LogP contribution < -0.4 is 10.9 Å². The van der Waals surface area contributed by atoms with Crippen LogP contribution in [0.4, 0.5) is 0 Å². The van der Waals surface area contributed by atoms with Gasteiger partial charge < -0.3 is 10.3 Å². The van der Waals surface area contributed by atoms with Gasteiger partial charge in [0.2, 0.25) is 0 Å². The molecule has 0 atom stereocenters. The Kier molecular flexibility index (Phi) is 4.56. The molecule has 0 bridgehead atoms. The van der Waals surface area contributed by atoms with E-state index >= 15 is 0 Å². The van der Waals surface area contributed by atoms with E-state index in [0.717, 1.165) is 16.9 Å². The molecule has 24 heavy (non-hydrogen) atoms. The lowest BCUT2D eigenvalue weighted by atomic mass is 10.1. The molecule has 1 amide bonds. The molecule has 0 saturated carbocycles. The van der Waals surface area contributed by atoms with E-state index in [1.54, 1.807) is 29.9 Å². The minimum atomic E-state index is -0.365. The summed E-state index contributed by atoms with van der Waals surface area (Å²) in [6.45, 7) is 2.24. The molecule has 0 fully saturated rings. The van der Waals surface area contributed by atoms with E-state index in [1.807, 2.05) is 36.5 Å². The van der Waals surface area contributed by atoms with Crippen molar-refractivity contribution in [2.24, 2.45) is 0 Å². The van der Waals surface area contributed by atoms with Crippen molar-refractivity contribution < 1.29 is 4.79 Å². The van der Waals surface area contributed by atoms with E-state index in [-0.39, 0.29) is 17.0 Å². The van der Waals surface area contributed by atoms with E-state index in [9.17, 15) is 9.59 Å². The molecule has 122 valence electrons. The number of carbonyl (C=O) groups is 1. The lowest BCUT2D eigenvalue weighted by Gasteiger charge is -2.06. The molecule has 3 aromatic rings. The maximum atomic E-state index is 12.0. The van der Waals surface area contributed by atoms with Crippen LogP contribution in [-0.4, -0.2) is 27.2 Å². The molecule has 2 aromatic heterocycles. The van der Waals surface area contributed by atoms with E-state index in [1.165, 1.54) is 0 Å². The number of aromatic amines is 1. The van der Waals surface area contributed by atoms with Crippen molar-refractivity contribution in [1.29, 1.82) is 0 Å². The number of nitrogens with zero attached hydrogens (tertiary/aromatic N) is 2. The highest BCUT2D eigenvalue weighted by Gasteiger charge is 2.09. The quantitative estimate of drug-likeness (QED) is 0.752. The number of pyridine rings is 1. The molecule has 6 heteroatoms. The van der Waals surface area contributed by atoms with Crippen LogP contribution in [0.15, 0.2) is 59.7 Å². The van der Waals surface area contributed by atoms with E-state index in [2.05, 4.69) is 15.4 Å². The molecule has 0 spiro atoms. The van der Waals surface area contributed by atoms with Crippen LogP contribution in [0.25, 0.3) is 5.69 Å². The predicted octanol–water partition coefficient (Wildman–Crippen LogP) is 1.84. The number of carbonyl (C=O) groups excluding carboxylic acids is 1. The predicted molar refractivity (Wildman–Crippen MR) is 91.4 cm³/mol. The van der Waals surface area contributed by atoms with Crippen LogP contribution in [-0.2, 0) is 6.42 Å². The molecule has 0 saturated heterocycles. The Labute approximate surface area is 139 Å². The zero-order chi connectivity index (χ0) is 16.9. The van der Waals surface area contributed by atoms with Gasteiger partial charge in [-0.2, -0.15) is 5.10 Å². The average molecular weight is 322 g/mol. The normalized spacial score (nSPS) is 10.5. The van der Waals surface area contributed by atoms with Gasteiger partial charge in [-0.25, -0.2) is 4.68 Å². The molecule has 3 rings (SSSR count). The lowest BCUT2D eigenvalue weighted by Crippen LogP contribution is -2.31. The number of nitrogens with one attached hydrogen (secondary N) is 2. The fourth-order valence-electron chi connectivity index (χ4n) is 2.40. The van der Waals surface area contributed by atoms with Gasteiger partial charge in [0.15, 0.2) is 0 Å². The topological polar surface area (TPSA) is 79.8 Å². The third-order valence-corrected chi connectivity index (χ3v) is 3.70. The van der Waals surface area contributed by atoms with Crippen molar-refractivity contribution in [3.8, 4) is 5.69 Å². The fraction of sp³-hybridized carbons (Fsp3) is 0.167. The van der Waals surface area contributed by atoms with E-state index in [0.29, 0.717) is 13.0 Å². The average Bonchev–Trinajstić information content (AvgIpc) is 3.10. The maximum Gasteiger partial charge on any atom is 0.260 e. The van der Waals surface area contributed by atoms with Crippen molar-refractivity contribution in [1.82, 2.24) is 20.1 Å². The van der Waals surface area contributed by atoms with Gasteiger partial charge in [0.05, 0.1) is 5.69 Å². The summed E-state index contributed by atoms with van der Waals surface area (Å²) in [5.74, 6) is -0.357. The maximum absolute atomic E-state index is 12.0. The van der Waals surface area contributed by atoms with Crippen molar-refractivity contribution in [2.75, 3.05) is 6.54 Å². The third-order valence-electron chi connectivity index (χ3n) is 3.70. The molecule has 0 radical (unpaired) electrons. The van der Waals surface area contributed by atoms with Crippen molar-refractivity contribution in [2.45, 2.75) is 13.3 Å². The smallest absolute Gasteiger partial charge is 0.260 e. The van der Waals surface area contributed by atoms with Crippen LogP contribution in [0.1, 0.15) is 21.6 Å². The highest BCUT2D eigenvalue weighted by Crippen LogP contribution is 2.08. The Morgan fingerprint density at radius 2 is 2.00 bits per heavy atom. The number of H-pyrrole nitrogens is 1. The number of hydrogen-bond acceptors (Lipinski definition) is 3. The Bertz CT molecular complexity index is 880. The zero-order valence-corrected chi connectivity index (χ0v) is 13.3. The third kappa shape index (κ3) is 3.60. The molecule has 0 aliphatic carbocycles. The first-order chi connectivity index (χ1) is 11.6. The van der Waals surface area contributed by atoms with Crippen molar-refractivity contribution in [3.63, 3.8) is 0 Å². The highest BCUT2D eigenvalue weighted by atomic mass is 16.2. The molecule has 0 aliphatic heterocycles. The summed E-state index contributed by atoms with van der Waals surface area (Å²) < 4.78 is 1.79. The summed E-state index contributed by atoms with van der Waals surface area (Å²) in [4.78, 5) is 26.4. The van der Waals surface area contributed by atoms with Gasteiger partial charge in [-0.3, -0.25) is 9.59 Å². The summed E-state index contributed by atoms with van der Waals surface area (Å²) in [6, 6.07) is 13.1. The molecule has 2 heterocycles. The second kappa shape index (κ2) is 6.95. The largest absolute Gasteiger partial charge is 0.352 e. The van der Waals surface area contributed by atoms with Gasteiger partial charge in [0.25, 0.3) is 11.5 Å². The SMILES string of the molecule is Cc1ccc(C(=O)NCCc2ccc(-n3cccn3)cc2)c(=O)[nH]1. The first kappa shape index (κ1) is 15.7. The molecular weight excluding hydrogens is 304 g/mol. The molecule has 6 nitrogen and oxygen atoms in total. The number of aromatic nitrogens is 3. The Morgan fingerprint density at radius 1 is 1.21 bits per heavy atom. The minimum Gasteiger partial charge on any atom is -0.352 e. The summed E-state index contributed by atoms with van der Waals surface area (Å²) in [6.07, 6.45) is 4.31. The number of benzene rings is 1. The van der Waals surface area contributed by atoms with Gasteiger partial charge in [0.1, 0.15) is 5.56 Å². The van der Waals surface area contributed by atoms with Gasteiger partial charge in [-0.1, -0.05) is 12.1 Å². The first-order valence-electron chi connectivity index (χ1n) is 7.70. The van der Waals surface area contributed by atoms with Crippen molar-refractivity contribution >= 4 is 5.91 Å². The lowest BCUT2D eigenvalue weighted by molar-refractivity contribution is 0.0952.